The Labute approximate surface area is 165 Å². The van der Waals surface area contributed by atoms with E-state index in [1.165, 1.54) is 4.90 Å². The lowest BCUT2D eigenvalue weighted by molar-refractivity contribution is -0.141. The van der Waals surface area contributed by atoms with E-state index < -0.39 is 22.6 Å². The van der Waals surface area contributed by atoms with Crippen molar-refractivity contribution in [2.75, 3.05) is 19.7 Å². The molecule has 7 nitrogen and oxygen atoms in total. The lowest BCUT2D eigenvalue weighted by Crippen LogP contribution is -2.55. The van der Waals surface area contributed by atoms with Gasteiger partial charge in [0.1, 0.15) is 6.04 Å². The quantitative estimate of drug-likeness (QED) is 0.581. The van der Waals surface area contributed by atoms with E-state index in [0.717, 1.165) is 19.3 Å². The summed E-state index contributed by atoms with van der Waals surface area (Å²) in [7, 11) is 0. The van der Waals surface area contributed by atoms with Gasteiger partial charge in [-0.2, -0.15) is 0 Å². The van der Waals surface area contributed by atoms with Crippen LogP contribution in [0.5, 0.6) is 0 Å². The summed E-state index contributed by atoms with van der Waals surface area (Å²) in [6.07, 6.45) is 2.38. The lowest BCUT2D eigenvalue weighted by atomic mass is 9.66. The van der Waals surface area contributed by atoms with Gasteiger partial charge < -0.3 is 20.6 Å². The van der Waals surface area contributed by atoms with Gasteiger partial charge in [0.25, 0.3) is 0 Å². The number of aliphatic hydroxyl groups excluding tert-OH is 1. The van der Waals surface area contributed by atoms with E-state index >= 15 is 0 Å². The van der Waals surface area contributed by atoms with Crippen LogP contribution in [0, 0.1) is 11.8 Å². The highest BCUT2D eigenvalue weighted by molar-refractivity contribution is 8.02. The summed E-state index contributed by atoms with van der Waals surface area (Å²) >= 11 is 1.65. The predicted molar refractivity (Wildman–Crippen MR) is 104 cm³/mol. The Morgan fingerprint density at radius 2 is 2.04 bits per heavy atom. The average Bonchev–Trinajstić information content (AvgIpc) is 3.14. The molecule has 3 amide bonds. The number of aliphatic hydroxyl groups is 1. The first-order valence-corrected chi connectivity index (χ1v) is 10.7. The number of likely N-dealkylation sites (tertiary alicyclic amines) is 1. The number of nitrogens with one attached hydrogen (secondary N) is 2. The summed E-state index contributed by atoms with van der Waals surface area (Å²) in [5.74, 6) is -1.37. The normalized spacial score (nSPS) is 37.0. The third-order valence-corrected chi connectivity index (χ3v) is 8.11. The second-order valence-electron chi connectivity index (χ2n) is 8.44. The molecule has 3 aliphatic heterocycles. The number of nitrogens with zero attached hydrogens (tertiary/aromatic N) is 1. The highest BCUT2D eigenvalue weighted by Crippen LogP contribution is 2.71. The molecule has 3 rings (SSSR count). The number of rotatable bonds is 7. The van der Waals surface area contributed by atoms with Crippen molar-refractivity contribution in [3.63, 3.8) is 0 Å². The zero-order valence-electron chi connectivity index (χ0n) is 16.6. The Morgan fingerprint density at radius 3 is 2.63 bits per heavy atom. The molecule has 152 valence electrons. The summed E-state index contributed by atoms with van der Waals surface area (Å²) in [6.45, 7) is 8.34. The molecular weight excluding hydrogens is 366 g/mol. The number of carbonyl (C=O) groups excluding carboxylic acids is 3. The molecule has 5 atom stereocenters. The second-order valence-corrected chi connectivity index (χ2v) is 10.3. The van der Waals surface area contributed by atoms with Crippen LogP contribution in [0.4, 0.5) is 0 Å². The van der Waals surface area contributed by atoms with E-state index in [9.17, 15) is 19.5 Å². The summed E-state index contributed by atoms with van der Waals surface area (Å²) in [6, 6.07) is -0.679. The van der Waals surface area contributed by atoms with Gasteiger partial charge in [-0.15, -0.1) is 11.8 Å². The van der Waals surface area contributed by atoms with Crippen LogP contribution >= 0.6 is 11.8 Å². The van der Waals surface area contributed by atoms with Gasteiger partial charge in [-0.25, -0.2) is 0 Å². The highest BCUT2D eigenvalue weighted by Gasteiger charge is 2.76. The molecule has 0 aromatic heterocycles. The predicted octanol–water partition coefficient (Wildman–Crippen LogP) is 0.511. The van der Waals surface area contributed by atoms with Crippen LogP contribution in [-0.2, 0) is 14.4 Å². The van der Waals surface area contributed by atoms with Gasteiger partial charge in [-0.3, -0.25) is 14.4 Å². The first kappa shape index (κ1) is 20.5. The first-order chi connectivity index (χ1) is 12.7. The monoisotopic (exact) mass is 397 g/mol. The number of thioether (sulfide) groups is 1. The third-order valence-electron chi connectivity index (χ3n) is 6.13. The third kappa shape index (κ3) is 3.05. The lowest BCUT2D eigenvalue weighted by Gasteiger charge is -2.35. The fourth-order valence-corrected chi connectivity index (χ4v) is 7.55. The van der Waals surface area contributed by atoms with Crippen molar-refractivity contribution in [3.8, 4) is 0 Å². The van der Waals surface area contributed by atoms with E-state index in [4.69, 9.17) is 0 Å². The number of fused-ring (bicyclic) bond motifs is 1. The zero-order valence-corrected chi connectivity index (χ0v) is 17.4. The van der Waals surface area contributed by atoms with Crippen LogP contribution in [-0.4, -0.2) is 69.0 Å². The van der Waals surface area contributed by atoms with Crippen LogP contribution in [0.25, 0.3) is 0 Å². The summed E-state index contributed by atoms with van der Waals surface area (Å²) in [4.78, 5) is 40.9. The van der Waals surface area contributed by atoms with E-state index in [0.29, 0.717) is 6.54 Å². The van der Waals surface area contributed by atoms with Crippen LogP contribution in [0.2, 0.25) is 0 Å². The minimum Gasteiger partial charge on any atom is -0.395 e. The van der Waals surface area contributed by atoms with Crippen molar-refractivity contribution in [2.24, 2.45) is 11.8 Å². The highest BCUT2D eigenvalue weighted by atomic mass is 32.2. The molecule has 3 N–H and O–H groups in total. The Kier molecular flexibility index (Phi) is 5.51. The Bertz CT molecular complexity index is 642. The first-order valence-electron chi connectivity index (χ1n) is 9.91. The van der Waals surface area contributed by atoms with Crippen LogP contribution < -0.4 is 10.6 Å². The molecule has 8 heteroatoms. The molecule has 3 heterocycles. The van der Waals surface area contributed by atoms with Crippen LogP contribution in [0.1, 0.15) is 47.0 Å². The molecule has 3 aliphatic rings. The fourth-order valence-electron chi connectivity index (χ4n) is 5.20. The van der Waals surface area contributed by atoms with Crippen molar-refractivity contribution < 1.29 is 19.5 Å². The van der Waals surface area contributed by atoms with Crippen molar-refractivity contribution in [1.82, 2.24) is 15.5 Å². The molecule has 27 heavy (non-hydrogen) atoms. The zero-order chi connectivity index (χ0) is 20.0. The maximum atomic E-state index is 13.3. The Hall–Kier alpha value is -1.28. The molecule has 0 aromatic rings. The molecule has 1 spiro atoms. The molecule has 0 radical (unpaired) electrons. The van der Waals surface area contributed by atoms with E-state index in [1.54, 1.807) is 11.8 Å². The fraction of sp³-hybridized carbons (Fsp3) is 0.842. The smallest absolute Gasteiger partial charge is 0.244 e. The van der Waals surface area contributed by atoms with Gasteiger partial charge >= 0.3 is 0 Å². The van der Waals surface area contributed by atoms with Gasteiger partial charge in [0.2, 0.25) is 17.7 Å². The summed E-state index contributed by atoms with van der Waals surface area (Å²) < 4.78 is -0.923. The number of β-amino-alcohol motifs (C(OH)–C–C–N with tert-alkyl or cyclic N) is 1. The molecule has 0 aliphatic carbocycles. The molecular formula is C19H31N3O4S. The standard InChI is InChI=1S/C19H31N3O4S/c1-5-8-20-15(24)12-13-17(26)22(9-10-23)14(16(25)21-11(2)3)19(13)7-6-18(12,4)27-19/h11-14,23H,5-10H2,1-4H3,(H,20,24)(H,21,25)/t12-,13+,14?,18+,19?/m1/s1. The molecule has 0 aromatic carbocycles. The number of hydrogen-bond acceptors (Lipinski definition) is 5. The van der Waals surface area contributed by atoms with Crippen LogP contribution in [0.15, 0.2) is 0 Å². The number of amides is 3. The SMILES string of the molecule is CCCNC(=O)[C@H]1[C@H]2C(=O)N(CCO)C(C(=O)NC(C)C)C23CC[C@]1(C)S3. The van der Waals surface area contributed by atoms with Crippen LogP contribution in [0.3, 0.4) is 0 Å². The molecule has 2 unspecified atom stereocenters. The van der Waals surface area contributed by atoms with Crippen molar-refractivity contribution in [3.05, 3.63) is 0 Å². The molecule has 0 saturated carbocycles. The summed E-state index contributed by atoms with van der Waals surface area (Å²) in [5, 5.41) is 15.4. The average molecular weight is 398 g/mol. The van der Waals surface area contributed by atoms with Crippen molar-refractivity contribution >= 4 is 29.5 Å². The topological polar surface area (TPSA) is 98.7 Å². The van der Waals surface area contributed by atoms with Gasteiger partial charge in [0.15, 0.2) is 0 Å². The maximum absolute atomic E-state index is 13.3. The van der Waals surface area contributed by atoms with E-state index in [-0.39, 0.29) is 41.7 Å². The maximum Gasteiger partial charge on any atom is 0.244 e. The minimum atomic E-state index is -0.639. The van der Waals surface area contributed by atoms with Gasteiger partial charge in [-0.05, 0) is 40.0 Å². The van der Waals surface area contributed by atoms with Gasteiger partial charge in [0, 0.05) is 23.9 Å². The van der Waals surface area contributed by atoms with E-state index in [1.807, 2.05) is 20.8 Å². The number of carbonyl (C=O) groups is 3. The second kappa shape index (κ2) is 7.28. The van der Waals surface area contributed by atoms with E-state index in [2.05, 4.69) is 17.6 Å². The largest absolute Gasteiger partial charge is 0.395 e. The minimum absolute atomic E-state index is 0.0399. The van der Waals surface area contributed by atoms with Gasteiger partial charge in [0.05, 0.1) is 23.2 Å². The van der Waals surface area contributed by atoms with Crippen molar-refractivity contribution in [1.29, 1.82) is 0 Å². The molecule has 3 saturated heterocycles. The Morgan fingerprint density at radius 1 is 1.33 bits per heavy atom. The molecule has 3 fully saturated rings. The number of hydrogen-bond donors (Lipinski definition) is 3. The van der Waals surface area contributed by atoms with Gasteiger partial charge in [-0.1, -0.05) is 6.92 Å². The Balaban J connectivity index is 2.00. The summed E-state index contributed by atoms with van der Waals surface area (Å²) in [5.41, 5.74) is 0. The van der Waals surface area contributed by atoms with Crippen molar-refractivity contribution in [2.45, 2.75) is 68.5 Å². The molecule has 2 bridgehead atoms.